The Hall–Kier alpha value is -1.33. The standard InChI is InChI=1S/C10H17N3O2/c1-13(7-9-3-2-6-15-9)8-10(14)12-5-4-11/h2-3,6H,4-5,7-8,11H2,1H3,(H,12,14). The van der Waals surface area contributed by atoms with Crippen molar-refractivity contribution >= 4 is 5.91 Å². The van der Waals surface area contributed by atoms with E-state index in [1.165, 1.54) is 0 Å². The molecular formula is C10H17N3O2. The summed E-state index contributed by atoms with van der Waals surface area (Å²) >= 11 is 0. The zero-order valence-electron chi connectivity index (χ0n) is 8.90. The van der Waals surface area contributed by atoms with Gasteiger partial charge in [-0.2, -0.15) is 0 Å². The van der Waals surface area contributed by atoms with E-state index in [-0.39, 0.29) is 5.91 Å². The lowest BCUT2D eigenvalue weighted by atomic mass is 10.4. The minimum Gasteiger partial charge on any atom is -0.468 e. The molecule has 0 radical (unpaired) electrons. The Balaban J connectivity index is 2.23. The molecule has 1 aromatic rings. The molecule has 1 rings (SSSR count). The average Bonchev–Trinajstić information content (AvgIpc) is 2.67. The van der Waals surface area contributed by atoms with Crippen LogP contribution in [0.5, 0.6) is 0 Å². The first-order valence-electron chi connectivity index (χ1n) is 4.90. The molecule has 5 nitrogen and oxygen atoms in total. The number of carbonyl (C=O) groups is 1. The maximum absolute atomic E-state index is 11.3. The molecule has 84 valence electrons. The van der Waals surface area contributed by atoms with Crippen LogP contribution in [0, 0.1) is 0 Å². The summed E-state index contributed by atoms with van der Waals surface area (Å²) in [4.78, 5) is 13.2. The first kappa shape index (κ1) is 11.7. The summed E-state index contributed by atoms with van der Waals surface area (Å²) in [6.45, 7) is 1.96. The van der Waals surface area contributed by atoms with E-state index in [2.05, 4.69) is 5.32 Å². The molecule has 0 fully saturated rings. The lowest BCUT2D eigenvalue weighted by Crippen LogP contribution is -2.37. The van der Waals surface area contributed by atoms with Crippen LogP contribution >= 0.6 is 0 Å². The summed E-state index contributed by atoms with van der Waals surface area (Å²) in [5, 5.41) is 2.71. The van der Waals surface area contributed by atoms with Gasteiger partial charge in [0.2, 0.25) is 5.91 Å². The highest BCUT2D eigenvalue weighted by Gasteiger charge is 2.07. The largest absolute Gasteiger partial charge is 0.468 e. The number of nitrogens with zero attached hydrogens (tertiary/aromatic N) is 1. The van der Waals surface area contributed by atoms with Gasteiger partial charge in [0.1, 0.15) is 5.76 Å². The molecule has 0 spiro atoms. The number of amides is 1. The van der Waals surface area contributed by atoms with Crippen molar-refractivity contribution in [1.29, 1.82) is 0 Å². The number of rotatable bonds is 6. The Morgan fingerprint density at radius 3 is 3.07 bits per heavy atom. The van der Waals surface area contributed by atoms with Gasteiger partial charge >= 0.3 is 0 Å². The van der Waals surface area contributed by atoms with Gasteiger partial charge in [0.15, 0.2) is 0 Å². The molecule has 0 bridgehead atoms. The summed E-state index contributed by atoms with van der Waals surface area (Å²) < 4.78 is 5.17. The Bertz CT molecular complexity index is 285. The fourth-order valence-electron chi connectivity index (χ4n) is 1.24. The minimum absolute atomic E-state index is 0.0190. The number of likely N-dealkylation sites (N-methyl/N-ethyl adjacent to an activating group) is 1. The lowest BCUT2D eigenvalue weighted by molar-refractivity contribution is -0.122. The normalized spacial score (nSPS) is 10.6. The number of hydrogen-bond donors (Lipinski definition) is 2. The molecule has 0 atom stereocenters. The zero-order valence-corrected chi connectivity index (χ0v) is 8.90. The van der Waals surface area contributed by atoms with E-state index in [9.17, 15) is 4.79 Å². The molecule has 1 heterocycles. The molecule has 0 aliphatic heterocycles. The van der Waals surface area contributed by atoms with E-state index in [0.29, 0.717) is 26.2 Å². The molecule has 1 aromatic heterocycles. The molecule has 0 aromatic carbocycles. The van der Waals surface area contributed by atoms with E-state index < -0.39 is 0 Å². The molecular weight excluding hydrogens is 194 g/mol. The van der Waals surface area contributed by atoms with E-state index in [4.69, 9.17) is 10.2 Å². The van der Waals surface area contributed by atoms with Crippen LogP contribution in [0.25, 0.3) is 0 Å². The third-order valence-electron chi connectivity index (χ3n) is 1.89. The van der Waals surface area contributed by atoms with E-state index in [1.54, 1.807) is 6.26 Å². The Labute approximate surface area is 89.2 Å². The summed E-state index contributed by atoms with van der Waals surface area (Å²) in [7, 11) is 1.87. The minimum atomic E-state index is -0.0190. The Morgan fingerprint density at radius 2 is 2.47 bits per heavy atom. The third kappa shape index (κ3) is 4.62. The second-order valence-electron chi connectivity index (χ2n) is 3.39. The van der Waals surface area contributed by atoms with Crippen molar-refractivity contribution in [2.75, 3.05) is 26.7 Å². The van der Waals surface area contributed by atoms with Crippen LogP contribution in [0.15, 0.2) is 22.8 Å². The summed E-state index contributed by atoms with van der Waals surface area (Å²) in [6, 6.07) is 3.71. The van der Waals surface area contributed by atoms with Crippen LogP contribution in [0.1, 0.15) is 5.76 Å². The predicted octanol–water partition coefficient (Wildman–Crippen LogP) is -0.214. The molecule has 0 saturated heterocycles. The van der Waals surface area contributed by atoms with Crippen LogP contribution in [0.3, 0.4) is 0 Å². The van der Waals surface area contributed by atoms with Crippen molar-refractivity contribution in [2.45, 2.75) is 6.54 Å². The molecule has 0 saturated carbocycles. The fraction of sp³-hybridized carbons (Fsp3) is 0.500. The summed E-state index contributed by atoms with van der Waals surface area (Å²) in [6.07, 6.45) is 1.62. The fourth-order valence-corrected chi connectivity index (χ4v) is 1.24. The Kier molecular flexibility index (Phi) is 4.86. The quantitative estimate of drug-likeness (QED) is 0.682. The highest BCUT2D eigenvalue weighted by Crippen LogP contribution is 2.02. The number of carbonyl (C=O) groups excluding carboxylic acids is 1. The van der Waals surface area contributed by atoms with Gasteiger partial charge in [-0.05, 0) is 19.2 Å². The van der Waals surface area contributed by atoms with Crippen LogP contribution in [-0.2, 0) is 11.3 Å². The lowest BCUT2D eigenvalue weighted by Gasteiger charge is -2.14. The van der Waals surface area contributed by atoms with E-state index in [0.717, 1.165) is 5.76 Å². The van der Waals surface area contributed by atoms with Crippen molar-refractivity contribution in [3.63, 3.8) is 0 Å². The monoisotopic (exact) mass is 211 g/mol. The SMILES string of the molecule is CN(CC(=O)NCCN)Cc1ccco1. The van der Waals surface area contributed by atoms with Crippen molar-refractivity contribution in [3.05, 3.63) is 24.2 Å². The van der Waals surface area contributed by atoms with Crippen molar-refractivity contribution in [2.24, 2.45) is 5.73 Å². The summed E-state index contributed by atoms with van der Waals surface area (Å²) in [5.74, 6) is 0.832. The van der Waals surface area contributed by atoms with E-state index in [1.807, 2.05) is 24.1 Å². The molecule has 0 aliphatic rings. The van der Waals surface area contributed by atoms with Gasteiger partial charge in [0.05, 0.1) is 19.4 Å². The van der Waals surface area contributed by atoms with Crippen LogP contribution in [0.4, 0.5) is 0 Å². The first-order chi connectivity index (χ1) is 7.22. The topological polar surface area (TPSA) is 71.5 Å². The highest BCUT2D eigenvalue weighted by molar-refractivity contribution is 5.77. The molecule has 5 heteroatoms. The summed E-state index contributed by atoms with van der Waals surface area (Å²) in [5.41, 5.74) is 5.27. The maximum atomic E-state index is 11.3. The average molecular weight is 211 g/mol. The Morgan fingerprint density at radius 1 is 1.67 bits per heavy atom. The van der Waals surface area contributed by atoms with Gasteiger partial charge in [0, 0.05) is 13.1 Å². The first-order valence-corrected chi connectivity index (χ1v) is 4.90. The van der Waals surface area contributed by atoms with Gasteiger partial charge < -0.3 is 15.5 Å². The van der Waals surface area contributed by atoms with Crippen LogP contribution in [-0.4, -0.2) is 37.5 Å². The second-order valence-corrected chi connectivity index (χ2v) is 3.39. The van der Waals surface area contributed by atoms with Crippen molar-refractivity contribution in [3.8, 4) is 0 Å². The van der Waals surface area contributed by atoms with Gasteiger partial charge in [-0.3, -0.25) is 9.69 Å². The van der Waals surface area contributed by atoms with Crippen molar-refractivity contribution < 1.29 is 9.21 Å². The predicted molar refractivity (Wildman–Crippen MR) is 57.1 cm³/mol. The number of hydrogen-bond acceptors (Lipinski definition) is 4. The van der Waals surface area contributed by atoms with Crippen LogP contribution < -0.4 is 11.1 Å². The zero-order chi connectivity index (χ0) is 11.1. The number of nitrogens with two attached hydrogens (primary N) is 1. The second kappa shape index (κ2) is 6.21. The van der Waals surface area contributed by atoms with Gasteiger partial charge in [0.25, 0.3) is 0 Å². The molecule has 0 unspecified atom stereocenters. The number of nitrogens with one attached hydrogen (secondary N) is 1. The van der Waals surface area contributed by atoms with Gasteiger partial charge in [-0.1, -0.05) is 0 Å². The smallest absolute Gasteiger partial charge is 0.234 e. The number of furan rings is 1. The third-order valence-corrected chi connectivity index (χ3v) is 1.89. The molecule has 1 amide bonds. The van der Waals surface area contributed by atoms with Crippen LogP contribution in [0.2, 0.25) is 0 Å². The van der Waals surface area contributed by atoms with E-state index >= 15 is 0 Å². The highest BCUT2D eigenvalue weighted by atomic mass is 16.3. The van der Waals surface area contributed by atoms with Crippen molar-refractivity contribution in [1.82, 2.24) is 10.2 Å². The molecule has 3 N–H and O–H groups in total. The molecule has 15 heavy (non-hydrogen) atoms. The molecule has 0 aliphatic carbocycles. The maximum Gasteiger partial charge on any atom is 0.234 e. The van der Waals surface area contributed by atoms with Gasteiger partial charge in [-0.15, -0.1) is 0 Å². The van der Waals surface area contributed by atoms with Gasteiger partial charge in [-0.25, -0.2) is 0 Å².